The third-order valence-electron chi connectivity index (χ3n) is 2.37. The van der Waals surface area contributed by atoms with Crippen LogP contribution in [0.3, 0.4) is 0 Å². The molecule has 2 heterocycles. The molecule has 0 bridgehead atoms. The van der Waals surface area contributed by atoms with Crippen LogP contribution in [0.2, 0.25) is 0 Å². The van der Waals surface area contributed by atoms with Crippen molar-refractivity contribution in [2.24, 2.45) is 0 Å². The number of carboxylic acid groups (broad SMARTS) is 1. The molecule has 7 heteroatoms. The van der Waals surface area contributed by atoms with Crippen LogP contribution in [0.4, 0.5) is 5.82 Å². The number of nitrogens with zero attached hydrogens (tertiary/aromatic N) is 4. The van der Waals surface area contributed by atoms with E-state index in [1.807, 2.05) is 6.07 Å². The first kappa shape index (κ1) is 11.4. The topological polar surface area (TPSA) is 81.6 Å². The van der Waals surface area contributed by atoms with Gasteiger partial charge in [0.05, 0.1) is 12.5 Å². The van der Waals surface area contributed by atoms with Gasteiger partial charge in [0, 0.05) is 25.2 Å². The molecule has 2 rings (SSSR count). The number of hydrogen-bond acceptors (Lipinski definition) is 5. The number of aromatic nitrogens is 2. The highest BCUT2D eigenvalue weighted by atomic mass is 32.1. The van der Waals surface area contributed by atoms with Gasteiger partial charge in [-0.25, -0.2) is 9.78 Å². The average molecular weight is 250 g/mol. The molecule has 0 saturated carbocycles. The molecule has 2 aromatic heterocycles. The van der Waals surface area contributed by atoms with Crippen LogP contribution in [0.25, 0.3) is 4.96 Å². The van der Waals surface area contributed by atoms with Gasteiger partial charge in [-0.1, -0.05) is 0 Å². The summed E-state index contributed by atoms with van der Waals surface area (Å²) in [5, 5.41) is 19.5. The van der Waals surface area contributed by atoms with Gasteiger partial charge >= 0.3 is 5.97 Å². The van der Waals surface area contributed by atoms with E-state index in [2.05, 4.69) is 4.98 Å². The molecule has 0 aromatic carbocycles. The Bertz CT molecular complexity index is 595. The van der Waals surface area contributed by atoms with Crippen molar-refractivity contribution >= 4 is 28.1 Å². The predicted octanol–water partition coefficient (Wildman–Crippen LogP) is 1.44. The number of aromatic carboxylic acids is 1. The average Bonchev–Trinajstić information content (AvgIpc) is 2.83. The minimum atomic E-state index is -1.02. The SMILES string of the molecule is CN(CCC#N)c1nc2sccn2c1C(=O)O. The number of thiazole rings is 1. The molecule has 2 aromatic rings. The van der Waals surface area contributed by atoms with Crippen LogP contribution in [0, 0.1) is 11.3 Å². The summed E-state index contributed by atoms with van der Waals surface area (Å²) in [5.41, 5.74) is 0.140. The molecular weight excluding hydrogens is 240 g/mol. The van der Waals surface area contributed by atoms with Crippen molar-refractivity contribution in [2.45, 2.75) is 6.42 Å². The van der Waals surface area contributed by atoms with Crippen LogP contribution in [0.15, 0.2) is 11.6 Å². The Morgan fingerprint density at radius 2 is 2.53 bits per heavy atom. The van der Waals surface area contributed by atoms with E-state index in [1.165, 1.54) is 11.3 Å². The van der Waals surface area contributed by atoms with Gasteiger partial charge < -0.3 is 10.0 Å². The van der Waals surface area contributed by atoms with Gasteiger partial charge in [0.25, 0.3) is 0 Å². The zero-order valence-corrected chi connectivity index (χ0v) is 9.94. The van der Waals surface area contributed by atoms with Gasteiger partial charge in [-0.3, -0.25) is 4.40 Å². The van der Waals surface area contributed by atoms with E-state index in [1.54, 1.807) is 27.9 Å². The summed E-state index contributed by atoms with van der Waals surface area (Å²) in [7, 11) is 1.73. The molecule has 0 aliphatic heterocycles. The summed E-state index contributed by atoms with van der Waals surface area (Å²) in [6.07, 6.45) is 2.01. The molecular formula is C10H10N4O2S. The fourth-order valence-electron chi connectivity index (χ4n) is 1.56. The molecule has 0 amide bonds. The van der Waals surface area contributed by atoms with E-state index in [4.69, 9.17) is 5.26 Å². The van der Waals surface area contributed by atoms with Gasteiger partial charge in [0.2, 0.25) is 0 Å². The van der Waals surface area contributed by atoms with Crippen LogP contribution >= 0.6 is 11.3 Å². The zero-order chi connectivity index (χ0) is 12.4. The fourth-order valence-corrected chi connectivity index (χ4v) is 2.27. The second-order valence-corrected chi connectivity index (χ2v) is 4.35. The monoisotopic (exact) mass is 250 g/mol. The van der Waals surface area contributed by atoms with Gasteiger partial charge in [0.15, 0.2) is 16.5 Å². The summed E-state index contributed by atoms with van der Waals surface area (Å²) in [4.78, 5) is 17.8. The van der Waals surface area contributed by atoms with E-state index in [-0.39, 0.29) is 5.69 Å². The number of carbonyl (C=O) groups is 1. The smallest absolute Gasteiger partial charge is 0.356 e. The lowest BCUT2D eigenvalue weighted by Gasteiger charge is -2.14. The lowest BCUT2D eigenvalue weighted by atomic mass is 10.3. The van der Waals surface area contributed by atoms with Crippen LogP contribution in [0.5, 0.6) is 0 Å². The molecule has 0 aliphatic carbocycles. The lowest BCUT2D eigenvalue weighted by Crippen LogP contribution is -2.21. The standard InChI is InChI=1S/C10H10N4O2S/c1-13(4-2-3-11)8-7(9(15)16)14-5-6-17-10(14)12-8/h5-6H,2,4H2,1H3,(H,15,16). The molecule has 0 atom stereocenters. The molecule has 0 aliphatic rings. The third kappa shape index (κ3) is 1.94. The Morgan fingerprint density at radius 3 is 3.18 bits per heavy atom. The van der Waals surface area contributed by atoms with Crippen molar-refractivity contribution in [3.05, 3.63) is 17.3 Å². The summed E-state index contributed by atoms with van der Waals surface area (Å²) in [5.74, 6) is -0.616. The second-order valence-electron chi connectivity index (χ2n) is 3.47. The largest absolute Gasteiger partial charge is 0.476 e. The van der Waals surface area contributed by atoms with Crippen LogP contribution in [-0.2, 0) is 0 Å². The number of fused-ring (bicyclic) bond motifs is 1. The Labute approximate surface area is 101 Å². The van der Waals surface area contributed by atoms with Crippen molar-refractivity contribution in [1.82, 2.24) is 9.38 Å². The Hall–Kier alpha value is -2.07. The van der Waals surface area contributed by atoms with E-state index < -0.39 is 5.97 Å². The highest BCUT2D eigenvalue weighted by Gasteiger charge is 2.21. The number of carboxylic acids is 1. The van der Waals surface area contributed by atoms with Crippen molar-refractivity contribution < 1.29 is 9.90 Å². The molecule has 17 heavy (non-hydrogen) atoms. The van der Waals surface area contributed by atoms with E-state index in [9.17, 15) is 9.90 Å². The maximum atomic E-state index is 11.2. The zero-order valence-electron chi connectivity index (χ0n) is 9.12. The first-order valence-electron chi connectivity index (χ1n) is 4.92. The molecule has 0 saturated heterocycles. The lowest BCUT2D eigenvalue weighted by molar-refractivity contribution is 0.0690. The Balaban J connectivity index is 2.45. The van der Waals surface area contributed by atoms with Crippen LogP contribution in [-0.4, -0.2) is 34.1 Å². The van der Waals surface area contributed by atoms with Crippen molar-refractivity contribution in [3.63, 3.8) is 0 Å². The molecule has 1 N–H and O–H groups in total. The van der Waals surface area contributed by atoms with Crippen molar-refractivity contribution in [2.75, 3.05) is 18.5 Å². The molecule has 0 spiro atoms. The quantitative estimate of drug-likeness (QED) is 0.888. The second kappa shape index (κ2) is 4.43. The van der Waals surface area contributed by atoms with Crippen molar-refractivity contribution in [3.8, 4) is 6.07 Å². The number of rotatable bonds is 4. The van der Waals surface area contributed by atoms with Gasteiger partial charge in [-0.2, -0.15) is 5.26 Å². The first-order valence-corrected chi connectivity index (χ1v) is 5.80. The summed E-state index contributed by atoms with van der Waals surface area (Å²) < 4.78 is 1.55. The van der Waals surface area contributed by atoms with Crippen LogP contribution in [0.1, 0.15) is 16.9 Å². The summed E-state index contributed by atoms with van der Waals surface area (Å²) in [6, 6.07) is 2.02. The highest BCUT2D eigenvalue weighted by Crippen LogP contribution is 2.23. The maximum absolute atomic E-state index is 11.2. The van der Waals surface area contributed by atoms with Gasteiger partial charge in [0.1, 0.15) is 0 Å². The molecule has 6 nitrogen and oxygen atoms in total. The maximum Gasteiger partial charge on any atom is 0.356 e. The number of hydrogen-bond donors (Lipinski definition) is 1. The van der Waals surface area contributed by atoms with Gasteiger partial charge in [-0.05, 0) is 0 Å². The molecule has 88 valence electrons. The number of nitriles is 1. The van der Waals surface area contributed by atoms with Gasteiger partial charge in [-0.15, -0.1) is 11.3 Å². The molecule has 0 unspecified atom stereocenters. The minimum absolute atomic E-state index is 0.140. The summed E-state index contributed by atoms with van der Waals surface area (Å²) in [6.45, 7) is 0.460. The summed E-state index contributed by atoms with van der Waals surface area (Å²) >= 11 is 1.38. The van der Waals surface area contributed by atoms with E-state index in [0.717, 1.165) is 0 Å². The van der Waals surface area contributed by atoms with E-state index in [0.29, 0.717) is 23.7 Å². The third-order valence-corrected chi connectivity index (χ3v) is 3.12. The number of imidazole rings is 1. The first-order chi connectivity index (χ1) is 8.15. The minimum Gasteiger partial charge on any atom is -0.476 e. The molecule has 0 fully saturated rings. The van der Waals surface area contributed by atoms with E-state index >= 15 is 0 Å². The normalized spacial score (nSPS) is 10.4. The van der Waals surface area contributed by atoms with Crippen molar-refractivity contribution in [1.29, 1.82) is 5.26 Å². The van der Waals surface area contributed by atoms with Crippen LogP contribution < -0.4 is 4.90 Å². The Kier molecular flexibility index (Phi) is 2.97. The Morgan fingerprint density at radius 1 is 1.76 bits per heavy atom. The molecule has 0 radical (unpaired) electrons. The highest BCUT2D eigenvalue weighted by molar-refractivity contribution is 7.15. The number of anilines is 1. The predicted molar refractivity (Wildman–Crippen MR) is 63.5 cm³/mol. The fraction of sp³-hybridized carbons (Fsp3) is 0.300.